The van der Waals surface area contributed by atoms with E-state index in [0.717, 1.165) is 27.0 Å². The highest BCUT2D eigenvalue weighted by Crippen LogP contribution is 2.31. The first-order chi connectivity index (χ1) is 6.72. The second-order valence-electron chi connectivity index (χ2n) is 2.86. The van der Waals surface area contributed by atoms with Gasteiger partial charge < -0.3 is 0 Å². The van der Waals surface area contributed by atoms with Crippen LogP contribution in [-0.4, -0.2) is 0 Å². The van der Waals surface area contributed by atoms with Crippen LogP contribution >= 0.6 is 33.9 Å². The summed E-state index contributed by atoms with van der Waals surface area (Å²) in [4.78, 5) is 0. The van der Waals surface area contributed by atoms with E-state index in [9.17, 15) is 4.39 Å². The van der Waals surface area contributed by atoms with E-state index >= 15 is 0 Å². The van der Waals surface area contributed by atoms with Crippen LogP contribution in [0.1, 0.15) is 5.56 Å². The molecule has 0 N–H and O–H groups in total. The summed E-state index contributed by atoms with van der Waals surface area (Å²) >= 11 is 3.14. The zero-order chi connectivity index (χ0) is 10.1. The maximum Gasteiger partial charge on any atom is 0.190 e. The predicted octanol–water partition coefficient (Wildman–Crippen LogP) is 3.71. The normalized spacial score (nSPS) is 10.4. The second kappa shape index (κ2) is 3.83. The van der Waals surface area contributed by atoms with Gasteiger partial charge in [0.05, 0.1) is 16.1 Å². The molecule has 0 aliphatic heterocycles. The van der Waals surface area contributed by atoms with Crippen LogP contribution in [0.5, 0.6) is 0 Å². The molecule has 0 aliphatic rings. The third kappa shape index (κ3) is 1.62. The molecule has 0 amide bonds. The van der Waals surface area contributed by atoms with Gasteiger partial charge in [-0.15, -0.1) is 11.3 Å². The van der Waals surface area contributed by atoms with Crippen LogP contribution in [0.25, 0.3) is 10.1 Å². The third-order valence-electron chi connectivity index (χ3n) is 1.94. The smallest absolute Gasteiger partial charge is 0.190 e. The number of benzene rings is 1. The molecule has 1 nitrogen and oxygen atoms in total. The van der Waals surface area contributed by atoms with Gasteiger partial charge in [0, 0.05) is 10.1 Å². The summed E-state index contributed by atoms with van der Waals surface area (Å²) in [7, 11) is 0. The SMILES string of the molecule is N#CCc1ccc2c(I)c(F)sc2c1. The number of hydrogen-bond donors (Lipinski definition) is 0. The number of nitriles is 1. The van der Waals surface area contributed by atoms with Crippen LogP contribution in [0.2, 0.25) is 0 Å². The fourth-order valence-corrected chi connectivity index (χ4v) is 3.15. The molecule has 4 heteroatoms. The van der Waals surface area contributed by atoms with E-state index in [0.29, 0.717) is 9.99 Å². The zero-order valence-electron chi connectivity index (χ0n) is 7.05. The Morgan fingerprint density at radius 3 is 3.00 bits per heavy atom. The molecule has 0 fully saturated rings. The van der Waals surface area contributed by atoms with Gasteiger partial charge in [0.2, 0.25) is 0 Å². The van der Waals surface area contributed by atoms with Crippen LogP contribution in [0.15, 0.2) is 18.2 Å². The Hall–Kier alpha value is -0.670. The first kappa shape index (κ1) is 9.87. The van der Waals surface area contributed by atoms with Gasteiger partial charge >= 0.3 is 0 Å². The molecule has 2 aromatic rings. The van der Waals surface area contributed by atoms with Crippen molar-refractivity contribution in [2.24, 2.45) is 0 Å². The summed E-state index contributed by atoms with van der Waals surface area (Å²) in [6.07, 6.45) is 0.381. The van der Waals surface area contributed by atoms with Gasteiger partial charge in [-0.25, -0.2) is 0 Å². The molecule has 0 spiro atoms. The lowest BCUT2D eigenvalue weighted by atomic mass is 10.1. The molecule has 2 rings (SSSR count). The molecule has 14 heavy (non-hydrogen) atoms. The van der Waals surface area contributed by atoms with E-state index in [4.69, 9.17) is 5.26 Å². The molecule has 0 aliphatic carbocycles. The van der Waals surface area contributed by atoms with Crippen molar-refractivity contribution in [3.05, 3.63) is 32.5 Å². The minimum Gasteiger partial charge on any atom is -0.198 e. The Balaban J connectivity index is 2.63. The lowest BCUT2D eigenvalue weighted by Gasteiger charge is -1.94. The summed E-state index contributed by atoms with van der Waals surface area (Å²) in [6.45, 7) is 0. The topological polar surface area (TPSA) is 23.8 Å². The van der Waals surface area contributed by atoms with E-state index in [-0.39, 0.29) is 5.13 Å². The molecule has 70 valence electrons. The van der Waals surface area contributed by atoms with E-state index in [2.05, 4.69) is 6.07 Å². The van der Waals surface area contributed by atoms with Crippen LogP contribution in [0.3, 0.4) is 0 Å². The Bertz CT molecular complexity index is 527. The first-order valence-electron chi connectivity index (χ1n) is 3.95. The van der Waals surface area contributed by atoms with Gasteiger partial charge in [0.15, 0.2) is 5.13 Å². The van der Waals surface area contributed by atoms with Crippen molar-refractivity contribution in [3.63, 3.8) is 0 Å². The Kier molecular flexibility index (Phi) is 2.70. The van der Waals surface area contributed by atoms with Crippen molar-refractivity contribution >= 4 is 44.0 Å². The molecule has 1 aromatic carbocycles. The molecule has 0 saturated heterocycles. The highest BCUT2D eigenvalue weighted by atomic mass is 127. The Labute approximate surface area is 98.3 Å². The van der Waals surface area contributed by atoms with Crippen molar-refractivity contribution in [3.8, 4) is 6.07 Å². The minimum absolute atomic E-state index is 0.144. The largest absolute Gasteiger partial charge is 0.198 e. The van der Waals surface area contributed by atoms with Gasteiger partial charge in [-0.2, -0.15) is 9.65 Å². The van der Waals surface area contributed by atoms with Gasteiger partial charge in [-0.1, -0.05) is 12.1 Å². The van der Waals surface area contributed by atoms with Gasteiger partial charge in [-0.3, -0.25) is 0 Å². The lowest BCUT2D eigenvalue weighted by molar-refractivity contribution is 0.652. The number of thiophene rings is 1. The average Bonchev–Trinajstić information content (AvgIpc) is 2.43. The average molecular weight is 317 g/mol. The van der Waals surface area contributed by atoms with Crippen molar-refractivity contribution in [2.75, 3.05) is 0 Å². The molecular formula is C10H5FINS. The van der Waals surface area contributed by atoms with Crippen molar-refractivity contribution in [2.45, 2.75) is 6.42 Å². The molecule has 0 radical (unpaired) electrons. The number of halogens is 2. The van der Waals surface area contributed by atoms with E-state index < -0.39 is 0 Å². The van der Waals surface area contributed by atoms with Crippen LogP contribution in [0, 0.1) is 20.0 Å². The number of nitrogens with zero attached hydrogens (tertiary/aromatic N) is 1. The summed E-state index contributed by atoms with van der Waals surface area (Å²) in [5.41, 5.74) is 0.942. The predicted molar refractivity (Wildman–Crippen MR) is 63.8 cm³/mol. The first-order valence-corrected chi connectivity index (χ1v) is 5.85. The molecule has 0 atom stereocenters. The second-order valence-corrected chi connectivity index (χ2v) is 4.94. The Morgan fingerprint density at radius 2 is 2.29 bits per heavy atom. The quantitative estimate of drug-likeness (QED) is 0.736. The van der Waals surface area contributed by atoms with Crippen molar-refractivity contribution < 1.29 is 4.39 Å². The molecular weight excluding hydrogens is 312 g/mol. The van der Waals surface area contributed by atoms with Crippen LogP contribution in [-0.2, 0) is 6.42 Å². The number of rotatable bonds is 1. The highest BCUT2D eigenvalue weighted by Gasteiger charge is 2.09. The molecule has 0 unspecified atom stereocenters. The van der Waals surface area contributed by atoms with Gasteiger partial charge in [0.1, 0.15) is 0 Å². The standard InChI is InChI=1S/C10H5FINS/c11-10-9(12)7-2-1-6(3-4-13)5-8(7)14-10/h1-2,5H,3H2. The molecule has 0 saturated carbocycles. The summed E-state index contributed by atoms with van der Waals surface area (Å²) < 4.78 is 14.8. The molecule has 1 heterocycles. The summed E-state index contributed by atoms with van der Waals surface area (Å²) in [6, 6.07) is 7.72. The van der Waals surface area contributed by atoms with E-state index in [1.165, 1.54) is 0 Å². The maximum absolute atomic E-state index is 13.2. The Morgan fingerprint density at radius 1 is 1.50 bits per heavy atom. The summed E-state index contributed by atoms with van der Waals surface area (Å²) in [5, 5.41) is 9.33. The van der Waals surface area contributed by atoms with E-state index in [1.807, 2.05) is 40.8 Å². The van der Waals surface area contributed by atoms with Crippen LogP contribution < -0.4 is 0 Å². The van der Waals surface area contributed by atoms with Gasteiger partial charge in [-0.05, 0) is 34.2 Å². The molecule has 1 aromatic heterocycles. The van der Waals surface area contributed by atoms with E-state index in [1.54, 1.807) is 0 Å². The monoisotopic (exact) mass is 317 g/mol. The molecule has 0 bridgehead atoms. The zero-order valence-corrected chi connectivity index (χ0v) is 10.0. The maximum atomic E-state index is 13.2. The summed E-state index contributed by atoms with van der Waals surface area (Å²) in [5.74, 6) is 0. The third-order valence-corrected chi connectivity index (χ3v) is 4.30. The van der Waals surface area contributed by atoms with Crippen molar-refractivity contribution in [1.82, 2.24) is 0 Å². The lowest BCUT2D eigenvalue weighted by Crippen LogP contribution is -1.79. The number of hydrogen-bond acceptors (Lipinski definition) is 2. The fourth-order valence-electron chi connectivity index (χ4n) is 1.28. The van der Waals surface area contributed by atoms with Gasteiger partial charge in [0.25, 0.3) is 0 Å². The van der Waals surface area contributed by atoms with Crippen LogP contribution in [0.4, 0.5) is 4.39 Å². The van der Waals surface area contributed by atoms with Crippen molar-refractivity contribution in [1.29, 1.82) is 5.26 Å². The number of fused-ring (bicyclic) bond motifs is 1. The highest BCUT2D eigenvalue weighted by molar-refractivity contribution is 14.1. The fraction of sp³-hybridized carbons (Fsp3) is 0.100. The minimum atomic E-state index is -0.144.